The summed E-state index contributed by atoms with van der Waals surface area (Å²) in [6, 6.07) is 16.4. The Morgan fingerprint density at radius 1 is 0.946 bits per heavy atom. The molecule has 0 saturated heterocycles. The largest absolute Gasteiger partial charge is 0.352 e. The second kappa shape index (κ2) is 12.7. The third-order valence-electron chi connectivity index (χ3n) is 7.47. The number of carbonyl (C=O) groups excluding carboxylic acids is 4. The first-order valence-electron chi connectivity index (χ1n) is 13.6. The van der Waals surface area contributed by atoms with E-state index in [2.05, 4.69) is 5.32 Å². The summed E-state index contributed by atoms with van der Waals surface area (Å²) in [5.74, 6) is -0.839. The number of amides is 4. The molecule has 0 radical (unpaired) electrons. The Morgan fingerprint density at radius 3 is 2.19 bits per heavy atom. The molecule has 7 nitrogen and oxygen atoms in total. The SMILES string of the molecule is CC[C@H](C(=O)NC1CCCCC1)N(CCc1ccccc1)C(=O)CCCN1C(=O)c2ccccc2C1=O. The van der Waals surface area contributed by atoms with Gasteiger partial charge in [-0.25, -0.2) is 0 Å². The van der Waals surface area contributed by atoms with Gasteiger partial charge in [-0.2, -0.15) is 0 Å². The minimum atomic E-state index is -0.544. The standard InChI is InChI=1S/C30H37N3O4/c1-2-26(28(35)31-23-14-7-4-8-15-23)32(21-19-22-12-5-3-6-13-22)27(34)18-11-20-33-29(36)24-16-9-10-17-25(24)30(33)37/h3,5-6,9-10,12-13,16-17,23,26H,2,4,7-8,11,14-15,18-21H2,1H3,(H,31,35)/t26-/m1/s1. The van der Waals surface area contributed by atoms with E-state index < -0.39 is 6.04 Å². The van der Waals surface area contributed by atoms with E-state index in [0.29, 0.717) is 36.9 Å². The number of nitrogens with one attached hydrogen (secondary N) is 1. The predicted octanol–water partition coefficient (Wildman–Crippen LogP) is 4.36. The molecule has 4 rings (SSSR count). The molecular formula is C30H37N3O4. The van der Waals surface area contributed by atoms with Crippen molar-refractivity contribution in [2.75, 3.05) is 13.1 Å². The van der Waals surface area contributed by atoms with Crippen molar-refractivity contribution in [1.29, 1.82) is 0 Å². The van der Waals surface area contributed by atoms with Gasteiger partial charge in [0.2, 0.25) is 11.8 Å². The molecule has 1 atom stereocenters. The molecule has 7 heteroatoms. The third kappa shape index (κ3) is 6.45. The molecule has 1 aliphatic carbocycles. The van der Waals surface area contributed by atoms with E-state index in [1.807, 2.05) is 37.3 Å². The molecule has 4 amide bonds. The first kappa shape index (κ1) is 26.6. The minimum Gasteiger partial charge on any atom is -0.352 e. The summed E-state index contributed by atoms with van der Waals surface area (Å²) < 4.78 is 0. The number of fused-ring (bicyclic) bond motifs is 1. The molecule has 1 N–H and O–H groups in total. The second-order valence-electron chi connectivity index (χ2n) is 10.0. The number of rotatable bonds is 11. The predicted molar refractivity (Wildman–Crippen MR) is 142 cm³/mol. The van der Waals surface area contributed by atoms with Crippen molar-refractivity contribution in [1.82, 2.24) is 15.1 Å². The Balaban J connectivity index is 1.40. The molecular weight excluding hydrogens is 466 g/mol. The van der Waals surface area contributed by atoms with E-state index in [1.165, 1.54) is 11.3 Å². The van der Waals surface area contributed by atoms with E-state index >= 15 is 0 Å². The Morgan fingerprint density at radius 2 is 1.57 bits per heavy atom. The molecule has 1 heterocycles. The Hall–Kier alpha value is -3.48. The zero-order valence-corrected chi connectivity index (χ0v) is 21.7. The van der Waals surface area contributed by atoms with Gasteiger partial charge in [-0.1, -0.05) is 68.7 Å². The van der Waals surface area contributed by atoms with Gasteiger partial charge in [0.15, 0.2) is 0 Å². The van der Waals surface area contributed by atoms with E-state index in [4.69, 9.17) is 0 Å². The number of imide groups is 1. The highest BCUT2D eigenvalue weighted by atomic mass is 16.2. The fraction of sp³-hybridized carbons (Fsp3) is 0.467. The van der Waals surface area contributed by atoms with Crippen molar-refractivity contribution in [3.05, 3.63) is 71.3 Å². The Kier molecular flexibility index (Phi) is 9.09. The summed E-state index contributed by atoms with van der Waals surface area (Å²) in [4.78, 5) is 55.0. The molecule has 2 aromatic rings. The lowest BCUT2D eigenvalue weighted by Crippen LogP contribution is -2.52. The fourth-order valence-corrected chi connectivity index (χ4v) is 5.41. The maximum Gasteiger partial charge on any atom is 0.261 e. The van der Waals surface area contributed by atoms with Crippen molar-refractivity contribution < 1.29 is 19.2 Å². The summed E-state index contributed by atoms with van der Waals surface area (Å²) in [5, 5.41) is 3.20. The third-order valence-corrected chi connectivity index (χ3v) is 7.47. The first-order valence-corrected chi connectivity index (χ1v) is 13.6. The van der Waals surface area contributed by atoms with Crippen molar-refractivity contribution >= 4 is 23.6 Å². The van der Waals surface area contributed by atoms with Gasteiger partial charge in [0.1, 0.15) is 6.04 Å². The highest BCUT2D eigenvalue weighted by Gasteiger charge is 2.35. The van der Waals surface area contributed by atoms with Crippen LogP contribution in [0.3, 0.4) is 0 Å². The molecule has 2 aromatic carbocycles. The lowest BCUT2D eigenvalue weighted by molar-refractivity contribution is -0.141. The van der Waals surface area contributed by atoms with Crippen LogP contribution in [-0.2, 0) is 16.0 Å². The van der Waals surface area contributed by atoms with Crippen LogP contribution in [0.5, 0.6) is 0 Å². The fourth-order valence-electron chi connectivity index (χ4n) is 5.41. The molecule has 196 valence electrons. The normalized spacial score (nSPS) is 16.4. The van der Waals surface area contributed by atoms with Gasteiger partial charge in [-0.05, 0) is 49.8 Å². The highest BCUT2D eigenvalue weighted by Crippen LogP contribution is 2.23. The molecule has 1 fully saturated rings. The van der Waals surface area contributed by atoms with E-state index in [9.17, 15) is 19.2 Å². The van der Waals surface area contributed by atoms with Crippen molar-refractivity contribution in [2.24, 2.45) is 0 Å². The molecule has 2 aliphatic rings. The van der Waals surface area contributed by atoms with Crippen LogP contribution in [-0.4, -0.2) is 58.6 Å². The topological polar surface area (TPSA) is 86.8 Å². The van der Waals surface area contributed by atoms with Crippen LogP contribution in [0.15, 0.2) is 54.6 Å². The van der Waals surface area contributed by atoms with Crippen LogP contribution in [0.1, 0.15) is 84.6 Å². The maximum absolute atomic E-state index is 13.5. The average Bonchev–Trinajstić information content (AvgIpc) is 3.17. The zero-order chi connectivity index (χ0) is 26.2. The zero-order valence-electron chi connectivity index (χ0n) is 21.7. The van der Waals surface area contributed by atoms with Crippen LogP contribution in [0.2, 0.25) is 0 Å². The van der Waals surface area contributed by atoms with Gasteiger partial charge in [-0.3, -0.25) is 24.1 Å². The lowest BCUT2D eigenvalue weighted by Gasteiger charge is -2.33. The molecule has 1 saturated carbocycles. The summed E-state index contributed by atoms with van der Waals surface area (Å²) in [6.45, 7) is 2.55. The average molecular weight is 504 g/mol. The maximum atomic E-state index is 13.5. The molecule has 0 bridgehead atoms. The van der Waals surface area contributed by atoms with Crippen LogP contribution < -0.4 is 5.32 Å². The number of nitrogens with zero attached hydrogens (tertiary/aromatic N) is 2. The first-order chi connectivity index (χ1) is 18.0. The number of hydrogen-bond acceptors (Lipinski definition) is 4. The van der Waals surface area contributed by atoms with Crippen LogP contribution in [0.4, 0.5) is 0 Å². The molecule has 1 aliphatic heterocycles. The monoisotopic (exact) mass is 503 g/mol. The Labute approximate surface area is 219 Å². The van der Waals surface area contributed by atoms with E-state index in [1.54, 1.807) is 29.2 Å². The smallest absolute Gasteiger partial charge is 0.261 e. The summed E-state index contributed by atoms with van der Waals surface area (Å²) >= 11 is 0. The van der Waals surface area contributed by atoms with E-state index in [0.717, 1.165) is 31.2 Å². The summed E-state index contributed by atoms with van der Waals surface area (Å²) in [5.41, 5.74) is 1.93. The summed E-state index contributed by atoms with van der Waals surface area (Å²) in [7, 11) is 0. The van der Waals surface area contributed by atoms with Gasteiger partial charge < -0.3 is 10.2 Å². The molecule has 0 spiro atoms. The van der Waals surface area contributed by atoms with Gasteiger partial charge in [0, 0.05) is 25.6 Å². The van der Waals surface area contributed by atoms with Gasteiger partial charge in [0.05, 0.1) is 11.1 Å². The van der Waals surface area contributed by atoms with Crippen LogP contribution in [0.25, 0.3) is 0 Å². The van der Waals surface area contributed by atoms with Crippen LogP contribution >= 0.6 is 0 Å². The van der Waals surface area contributed by atoms with E-state index in [-0.39, 0.29) is 42.6 Å². The minimum absolute atomic E-state index is 0.0869. The van der Waals surface area contributed by atoms with Crippen molar-refractivity contribution in [2.45, 2.75) is 76.8 Å². The van der Waals surface area contributed by atoms with Gasteiger partial charge >= 0.3 is 0 Å². The summed E-state index contributed by atoms with van der Waals surface area (Å²) in [6.07, 6.45) is 7.11. The molecule has 0 aromatic heterocycles. The molecule has 0 unspecified atom stereocenters. The van der Waals surface area contributed by atoms with Crippen molar-refractivity contribution in [3.8, 4) is 0 Å². The molecule has 37 heavy (non-hydrogen) atoms. The van der Waals surface area contributed by atoms with Crippen LogP contribution in [0, 0.1) is 0 Å². The van der Waals surface area contributed by atoms with Gasteiger partial charge in [0.25, 0.3) is 11.8 Å². The van der Waals surface area contributed by atoms with Crippen molar-refractivity contribution in [3.63, 3.8) is 0 Å². The van der Waals surface area contributed by atoms with Gasteiger partial charge in [-0.15, -0.1) is 0 Å². The lowest BCUT2D eigenvalue weighted by atomic mass is 9.95. The Bertz CT molecular complexity index is 1080. The highest BCUT2D eigenvalue weighted by molar-refractivity contribution is 6.21. The number of benzene rings is 2. The number of carbonyl (C=O) groups is 4. The second-order valence-corrected chi connectivity index (χ2v) is 10.0. The quantitative estimate of drug-likeness (QED) is 0.462. The number of hydrogen-bond donors (Lipinski definition) is 1.